The molecule has 0 saturated carbocycles. The molecule has 0 bridgehead atoms. The number of imidazole rings is 1. The van der Waals surface area contributed by atoms with Crippen molar-refractivity contribution in [2.24, 2.45) is 0 Å². The molecule has 0 aliphatic heterocycles. The molecule has 0 unspecified atom stereocenters. The summed E-state index contributed by atoms with van der Waals surface area (Å²) in [6, 6.07) is 47.7. The highest BCUT2D eigenvalue weighted by atomic mass is 16.3. The summed E-state index contributed by atoms with van der Waals surface area (Å²) >= 11 is 0. The van der Waals surface area contributed by atoms with E-state index in [4.69, 9.17) is 10.5 Å². The van der Waals surface area contributed by atoms with Crippen molar-refractivity contribution in [1.82, 2.24) is 14.5 Å². The van der Waals surface area contributed by atoms with Gasteiger partial charge in [0.1, 0.15) is 11.6 Å². The number of phenolic OH excluding ortho intramolecular Hbond substituents is 1. The Morgan fingerprint density at radius 1 is 0.440 bits per heavy atom. The molecule has 0 radical (unpaired) electrons. The first-order chi connectivity index (χ1) is 38.4. The first kappa shape index (κ1) is 42.5. The lowest BCUT2D eigenvalue weighted by Crippen LogP contribution is -2.17. The molecule has 0 fully saturated rings. The molecule has 376 valence electrons. The first-order valence-corrected chi connectivity index (χ1v) is 26.0. The highest BCUT2D eigenvalue weighted by molar-refractivity contribution is 5.99. The van der Waals surface area contributed by atoms with Crippen molar-refractivity contribution in [2.45, 2.75) is 112 Å². The average molecular weight is 989 g/mol. The van der Waals surface area contributed by atoms with E-state index in [1.54, 1.807) is 0 Å². The number of pyridine rings is 1. The zero-order valence-corrected chi connectivity index (χ0v) is 45.6. The van der Waals surface area contributed by atoms with Crippen molar-refractivity contribution >= 4 is 11.0 Å². The van der Waals surface area contributed by atoms with Crippen LogP contribution in [0.25, 0.3) is 95.0 Å². The molecule has 10 aromatic rings. The van der Waals surface area contributed by atoms with Crippen molar-refractivity contribution in [3.05, 3.63) is 216 Å². The molecule has 0 aliphatic carbocycles. The van der Waals surface area contributed by atoms with Crippen LogP contribution in [0.4, 0.5) is 0 Å². The lowest BCUT2D eigenvalue weighted by molar-refractivity contribution is 0.446. The number of fused-ring (bicyclic) bond motifs is 1. The van der Waals surface area contributed by atoms with Gasteiger partial charge in [-0.3, -0.25) is 9.55 Å². The largest absolute Gasteiger partial charge is 0.507 e. The molecule has 0 amide bonds. The number of aryl methyl sites for hydroxylation is 1. The molecule has 0 spiro atoms. The van der Waals surface area contributed by atoms with Crippen LogP contribution in [0.5, 0.6) is 5.75 Å². The predicted molar refractivity (Wildman–Crippen MR) is 318 cm³/mol. The quantitative estimate of drug-likeness (QED) is 0.165. The third-order valence-corrected chi connectivity index (χ3v) is 14.3. The van der Waals surface area contributed by atoms with Gasteiger partial charge in [-0.15, -0.1) is 0 Å². The van der Waals surface area contributed by atoms with Crippen LogP contribution in [0.2, 0.25) is 0 Å². The topological polar surface area (TPSA) is 50.9 Å². The minimum atomic E-state index is -0.734. The van der Waals surface area contributed by atoms with Crippen LogP contribution in [-0.4, -0.2) is 19.6 Å². The van der Waals surface area contributed by atoms with Gasteiger partial charge in [-0.1, -0.05) is 210 Å². The molecular weight excluding hydrogens is 911 g/mol. The normalized spacial score (nSPS) is 13.7. The van der Waals surface area contributed by atoms with Gasteiger partial charge in [0, 0.05) is 28.4 Å². The summed E-state index contributed by atoms with van der Waals surface area (Å²) in [7, 11) is 0. The fourth-order valence-corrected chi connectivity index (χ4v) is 9.86. The Bertz CT molecular complexity index is 4130. The number of aromatic nitrogens is 3. The van der Waals surface area contributed by atoms with E-state index in [9.17, 15) is 9.22 Å². The molecule has 1 N–H and O–H groups in total. The standard InChI is InChI=1S/C71H71N3O/c1-45-37-64(59(44-58(45)48-23-18-15-19-24-48)49-29-33-55(34-30-49)69(5,6)7)74-63-26-20-25-57(65(63)73-67(74)60-42-56(70(8,9)10)43-61(66(60)75)71(11,12)13)52-38-51(46-21-16-14-17-22-46)39-53(40-52)62-41-50(35-36-72-62)47-27-31-54(32-28-47)68(2,3)4/h14-44,75H,1-13H3/i27D,28D,31D,32D,35D,36D,41D. The van der Waals surface area contributed by atoms with Crippen LogP contribution in [0.15, 0.2) is 188 Å². The summed E-state index contributed by atoms with van der Waals surface area (Å²) in [6.07, 6.45) is -0.473. The Labute approximate surface area is 455 Å². The Morgan fingerprint density at radius 3 is 1.67 bits per heavy atom. The van der Waals surface area contributed by atoms with Crippen LogP contribution >= 0.6 is 0 Å². The van der Waals surface area contributed by atoms with E-state index < -0.39 is 23.0 Å². The number of benzene rings is 8. The SMILES string of the molecule is [2H]c1nc(-c2cc(-c3ccccc3)cc(-c3cccc4c3nc(-c3cc(C(C)(C)C)cc(C(C)(C)C)c3O)n4-c3cc(C)c(-c4ccccc4)cc3-c3ccc(C(C)(C)C)cc3)c2)c([2H])c(-c2c([2H])c([2H])c(C(C)(C)C)c([2H])c2[2H])c1[2H]. The smallest absolute Gasteiger partial charge is 0.149 e. The van der Waals surface area contributed by atoms with E-state index in [0.29, 0.717) is 28.0 Å². The molecule has 8 aromatic carbocycles. The van der Waals surface area contributed by atoms with Crippen molar-refractivity contribution < 1.29 is 14.7 Å². The van der Waals surface area contributed by atoms with Gasteiger partial charge in [-0.25, -0.2) is 4.98 Å². The van der Waals surface area contributed by atoms with E-state index in [2.05, 4.69) is 164 Å². The van der Waals surface area contributed by atoms with E-state index in [1.165, 1.54) is 5.56 Å². The summed E-state index contributed by atoms with van der Waals surface area (Å²) in [6.45, 7) is 27.1. The maximum atomic E-state index is 12.9. The lowest BCUT2D eigenvalue weighted by atomic mass is 9.79. The predicted octanol–water partition coefficient (Wildman–Crippen LogP) is 19.3. The molecule has 10 rings (SSSR count). The molecule has 75 heavy (non-hydrogen) atoms. The van der Waals surface area contributed by atoms with Gasteiger partial charge in [0.25, 0.3) is 0 Å². The molecule has 4 nitrogen and oxygen atoms in total. The number of para-hydroxylation sites is 1. The first-order valence-electron chi connectivity index (χ1n) is 29.5. The van der Waals surface area contributed by atoms with Gasteiger partial charge in [0.15, 0.2) is 0 Å². The van der Waals surface area contributed by atoms with Crippen molar-refractivity contribution in [2.75, 3.05) is 0 Å². The second kappa shape index (κ2) is 19.1. The summed E-state index contributed by atoms with van der Waals surface area (Å²) in [4.78, 5) is 10.3. The fraction of sp³-hybridized carbons (Fsp3) is 0.239. The number of hydrogen-bond acceptors (Lipinski definition) is 3. The maximum Gasteiger partial charge on any atom is 0.149 e. The highest BCUT2D eigenvalue weighted by Gasteiger charge is 2.30. The van der Waals surface area contributed by atoms with Crippen molar-refractivity contribution in [3.63, 3.8) is 0 Å². The molecule has 4 heteroatoms. The van der Waals surface area contributed by atoms with Gasteiger partial charge in [-0.05, 0) is 150 Å². The zero-order chi connectivity index (χ0) is 59.3. The van der Waals surface area contributed by atoms with Gasteiger partial charge in [-0.2, -0.15) is 0 Å². The fourth-order valence-electron chi connectivity index (χ4n) is 9.86. The number of aromatic hydroxyl groups is 1. The van der Waals surface area contributed by atoms with Crippen LogP contribution in [0, 0.1) is 6.92 Å². The van der Waals surface area contributed by atoms with E-state index in [0.717, 1.165) is 66.8 Å². The third-order valence-electron chi connectivity index (χ3n) is 14.3. The van der Waals surface area contributed by atoms with Crippen LogP contribution < -0.4 is 0 Å². The molecule has 0 aliphatic rings. The number of phenols is 1. The second-order valence-electron chi connectivity index (χ2n) is 24.1. The van der Waals surface area contributed by atoms with Gasteiger partial charge < -0.3 is 5.11 Å². The van der Waals surface area contributed by atoms with E-state index >= 15 is 0 Å². The Morgan fingerprint density at radius 2 is 1.04 bits per heavy atom. The lowest BCUT2D eigenvalue weighted by Gasteiger charge is -2.28. The highest BCUT2D eigenvalue weighted by Crippen LogP contribution is 2.47. The van der Waals surface area contributed by atoms with Gasteiger partial charge in [0.05, 0.1) is 37.6 Å². The third kappa shape index (κ3) is 10.1. The molecule has 0 atom stereocenters. The molecule has 2 heterocycles. The Kier molecular flexibility index (Phi) is 10.9. The van der Waals surface area contributed by atoms with Gasteiger partial charge in [0.2, 0.25) is 0 Å². The molecular formula is C71H71N3O. The van der Waals surface area contributed by atoms with E-state index in [-0.39, 0.29) is 69.2 Å². The summed E-state index contributed by atoms with van der Waals surface area (Å²) < 4.78 is 66.9. The minimum absolute atomic E-state index is 0.0416. The molecule has 0 saturated heterocycles. The Hall–Kier alpha value is -7.82. The number of nitrogens with zero attached hydrogens (tertiary/aromatic N) is 3. The van der Waals surface area contributed by atoms with Crippen LogP contribution in [0.1, 0.15) is 120 Å². The average Bonchev–Trinajstić information content (AvgIpc) is 3.76. The van der Waals surface area contributed by atoms with Crippen LogP contribution in [-0.2, 0) is 21.7 Å². The zero-order valence-electron chi connectivity index (χ0n) is 52.6. The van der Waals surface area contributed by atoms with Gasteiger partial charge >= 0.3 is 0 Å². The Balaban J connectivity index is 1.31. The minimum Gasteiger partial charge on any atom is -0.507 e. The van der Waals surface area contributed by atoms with Crippen molar-refractivity contribution in [1.29, 1.82) is 0 Å². The maximum absolute atomic E-state index is 12.9. The number of hydrogen-bond donors (Lipinski definition) is 1. The molecule has 2 aromatic heterocycles. The summed E-state index contributed by atoms with van der Waals surface area (Å²) in [5, 5.41) is 12.9. The monoisotopic (exact) mass is 989 g/mol. The summed E-state index contributed by atoms with van der Waals surface area (Å²) in [5.74, 6) is 0.682. The van der Waals surface area contributed by atoms with E-state index in [1.807, 2.05) is 81.4 Å². The summed E-state index contributed by atoms with van der Waals surface area (Å²) in [5.41, 5.74) is 12.9. The van der Waals surface area contributed by atoms with Crippen LogP contribution in [0.3, 0.4) is 0 Å². The number of rotatable bonds is 8. The van der Waals surface area contributed by atoms with Crippen molar-refractivity contribution in [3.8, 4) is 89.7 Å². The second-order valence-corrected chi connectivity index (χ2v) is 24.1.